The van der Waals surface area contributed by atoms with E-state index in [2.05, 4.69) is 45.7 Å². The molecule has 0 amide bonds. The van der Waals surface area contributed by atoms with Crippen LogP contribution in [0.1, 0.15) is 12.5 Å². The molecule has 0 aliphatic heterocycles. The number of ether oxygens (including phenoxy) is 1. The van der Waals surface area contributed by atoms with Gasteiger partial charge in [-0.3, -0.25) is 0 Å². The monoisotopic (exact) mass is 272 g/mol. The quantitative estimate of drug-likeness (QED) is 0.843. The Kier molecular flexibility index (Phi) is 4.54. The topological polar surface area (TPSA) is 25.4 Å². The van der Waals surface area contributed by atoms with E-state index in [0.29, 0.717) is 12.6 Å². The summed E-state index contributed by atoms with van der Waals surface area (Å²) in [7, 11) is 3.75. The standard InChI is InChI=1S/C11H17BrN2O/c1-8-5-10(12)6-13-11(8)14(3)9(2)7-15-4/h5-6,9H,7H2,1-4H3. The van der Waals surface area contributed by atoms with Crippen molar-refractivity contribution in [2.24, 2.45) is 0 Å². The smallest absolute Gasteiger partial charge is 0.131 e. The number of rotatable bonds is 4. The van der Waals surface area contributed by atoms with E-state index in [0.717, 1.165) is 15.9 Å². The fourth-order valence-corrected chi connectivity index (χ4v) is 1.91. The van der Waals surface area contributed by atoms with Gasteiger partial charge in [0.15, 0.2) is 0 Å². The summed E-state index contributed by atoms with van der Waals surface area (Å²) >= 11 is 3.41. The lowest BCUT2D eigenvalue weighted by molar-refractivity contribution is 0.183. The van der Waals surface area contributed by atoms with Crippen molar-refractivity contribution in [3.05, 3.63) is 22.3 Å². The number of nitrogens with zero attached hydrogens (tertiary/aromatic N) is 2. The second-order valence-corrected chi connectivity index (χ2v) is 4.62. The molecule has 1 rings (SSSR count). The summed E-state index contributed by atoms with van der Waals surface area (Å²) in [6.07, 6.45) is 1.82. The lowest BCUT2D eigenvalue weighted by Gasteiger charge is -2.26. The minimum atomic E-state index is 0.322. The molecule has 0 N–H and O–H groups in total. The van der Waals surface area contributed by atoms with Crippen LogP contribution in [0.3, 0.4) is 0 Å². The molecule has 1 atom stereocenters. The first-order valence-electron chi connectivity index (χ1n) is 4.90. The van der Waals surface area contributed by atoms with Gasteiger partial charge in [-0.15, -0.1) is 0 Å². The maximum Gasteiger partial charge on any atom is 0.131 e. The number of likely N-dealkylation sites (N-methyl/N-ethyl adjacent to an activating group) is 1. The molecule has 0 aromatic carbocycles. The first-order chi connectivity index (χ1) is 7.06. The Morgan fingerprint density at radius 2 is 2.27 bits per heavy atom. The van der Waals surface area contributed by atoms with Gasteiger partial charge in [0.05, 0.1) is 12.6 Å². The first kappa shape index (κ1) is 12.5. The molecular formula is C11H17BrN2O. The summed E-state index contributed by atoms with van der Waals surface area (Å²) in [5.41, 5.74) is 1.16. The van der Waals surface area contributed by atoms with Gasteiger partial charge in [-0.05, 0) is 41.4 Å². The third kappa shape index (κ3) is 3.18. The minimum absolute atomic E-state index is 0.322. The predicted octanol–water partition coefficient (Wildman–Crippen LogP) is 2.62. The summed E-state index contributed by atoms with van der Waals surface area (Å²) in [6, 6.07) is 2.39. The maximum atomic E-state index is 5.13. The Morgan fingerprint density at radius 3 is 2.80 bits per heavy atom. The molecule has 1 heterocycles. The Labute approximate surface area is 99.6 Å². The third-order valence-corrected chi connectivity index (χ3v) is 2.85. The maximum absolute atomic E-state index is 5.13. The number of hydrogen-bond donors (Lipinski definition) is 0. The highest BCUT2D eigenvalue weighted by atomic mass is 79.9. The molecule has 0 saturated heterocycles. The summed E-state index contributed by atoms with van der Waals surface area (Å²) in [5.74, 6) is 1.00. The SMILES string of the molecule is COCC(C)N(C)c1ncc(Br)cc1C. The zero-order valence-corrected chi connectivity index (χ0v) is 11.2. The molecule has 0 aliphatic carbocycles. The molecule has 1 unspecified atom stereocenters. The van der Waals surface area contributed by atoms with E-state index in [1.807, 2.05) is 13.2 Å². The fourth-order valence-electron chi connectivity index (χ4n) is 1.46. The second-order valence-electron chi connectivity index (χ2n) is 3.71. The largest absolute Gasteiger partial charge is 0.383 e. The van der Waals surface area contributed by atoms with E-state index < -0.39 is 0 Å². The van der Waals surface area contributed by atoms with E-state index >= 15 is 0 Å². The van der Waals surface area contributed by atoms with Gasteiger partial charge in [-0.2, -0.15) is 0 Å². The highest BCUT2D eigenvalue weighted by Gasteiger charge is 2.12. The average molecular weight is 273 g/mol. The number of aryl methyl sites for hydroxylation is 1. The molecule has 1 aromatic rings. The van der Waals surface area contributed by atoms with Crippen LogP contribution in [0.5, 0.6) is 0 Å². The summed E-state index contributed by atoms with van der Waals surface area (Å²) in [5, 5.41) is 0. The molecule has 0 radical (unpaired) electrons. The van der Waals surface area contributed by atoms with Crippen LogP contribution in [-0.4, -0.2) is 31.8 Å². The van der Waals surface area contributed by atoms with Crippen molar-refractivity contribution in [2.45, 2.75) is 19.9 Å². The average Bonchev–Trinajstić information content (AvgIpc) is 2.17. The summed E-state index contributed by atoms with van der Waals surface area (Å²) in [6.45, 7) is 4.88. The third-order valence-electron chi connectivity index (χ3n) is 2.42. The molecule has 0 saturated carbocycles. The molecule has 84 valence electrons. The van der Waals surface area contributed by atoms with Gasteiger partial charge >= 0.3 is 0 Å². The lowest BCUT2D eigenvalue weighted by atomic mass is 10.2. The van der Waals surface area contributed by atoms with Gasteiger partial charge in [-0.25, -0.2) is 4.98 Å². The lowest BCUT2D eigenvalue weighted by Crippen LogP contribution is -2.33. The number of pyridine rings is 1. The van der Waals surface area contributed by atoms with E-state index in [1.165, 1.54) is 0 Å². The minimum Gasteiger partial charge on any atom is -0.383 e. The molecule has 15 heavy (non-hydrogen) atoms. The second kappa shape index (κ2) is 5.47. The van der Waals surface area contributed by atoms with Gasteiger partial charge < -0.3 is 9.64 Å². The first-order valence-corrected chi connectivity index (χ1v) is 5.69. The van der Waals surface area contributed by atoms with Crippen molar-refractivity contribution in [2.75, 3.05) is 25.7 Å². The number of halogens is 1. The number of anilines is 1. The highest BCUT2D eigenvalue weighted by molar-refractivity contribution is 9.10. The normalized spacial score (nSPS) is 12.6. The van der Waals surface area contributed by atoms with Crippen LogP contribution in [0, 0.1) is 6.92 Å². The van der Waals surface area contributed by atoms with Gasteiger partial charge in [-0.1, -0.05) is 0 Å². The van der Waals surface area contributed by atoms with Crippen LogP contribution >= 0.6 is 15.9 Å². The number of aromatic nitrogens is 1. The Bertz CT molecular complexity index is 330. The Morgan fingerprint density at radius 1 is 1.60 bits per heavy atom. The van der Waals surface area contributed by atoms with Crippen molar-refractivity contribution < 1.29 is 4.74 Å². The molecule has 4 heteroatoms. The molecule has 0 spiro atoms. The van der Waals surface area contributed by atoms with Gasteiger partial charge in [0.1, 0.15) is 5.82 Å². The molecule has 3 nitrogen and oxygen atoms in total. The van der Waals surface area contributed by atoms with Crippen LogP contribution in [0.25, 0.3) is 0 Å². The van der Waals surface area contributed by atoms with E-state index in [-0.39, 0.29) is 0 Å². The fraction of sp³-hybridized carbons (Fsp3) is 0.545. The van der Waals surface area contributed by atoms with Crippen LogP contribution in [-0.2, 0) is 4.74 Å². The van der Waals surface area contributed by atoms with Gasteiger partial charge in [0, 0.05) is 24.8 Å². The molecule has 0 aliphatic rings. The van der Waals surface area contributed by atoms with Gasteiger partial charge in [0.25, 0.3) is 0 Å². The van der Waals surface area contributed by atoms with Crippen molar-refractivity contribution in [1.29, 1.82) is 0 Å². The van der Waals surface area contributed by atoms with Crippen LogP contribution < -0.4 is 4.90 Å². The van der Waals surface area contributed by atoms with Crippen molar-refractivity contribution in [1.82, 2.24) is 4.98 Å². The van der Waals surface area contributed by atoms with E-state index in [1.54, 1.807) is 7.11 Å². The van der Waals surface area contributed by atoms with E-state index in [4.69, 9.17) is 4.74 Å². The zero-order chi connectivity index (χ0) is 11.4. The van der Waals surface area contributed by atoms with Crippen LogP contribution in [0.15, 0.2) is 16.7 Å². The van der Waals surface area contributed by atoms with Crippen LogP contribution in [0.2, 0.25) is 0 Å². The molecular weight excluding hydrogens is 256 g/mol. The molecule has 1 aromatic heterocycles. The Balaban J connectivity index is 2.86. The zero-order valence-electron chi connectivity index (χ0n) is 9.62. The van der Waals surface area contributed by atoms with Crippen LogP contribution in [0.4, 0.5) is 5.82 Å². The van der Waals surface area contributed by atoms with Crippen molar-refractivity contribution in [3.8, 4) is 0 Å². The predicted molar refractivity (Wildman–Crippen MR) is 66.4 cm³/mol. The van der Waals surface area contributed by atoms with Crippen molar-refractivity contribution in [3.63, 3.8) is 0 Å². The number of methoxy groups -OCH3 is 1. The summed E-state index contributed by atoms with van der Waals surface area (Å²) < 4.78 is 6.14. The molecule has 0 fully saturated rings. The number of hydrogen-bond acceptors (Lipinski definition) is 3. The summed E-state index contributed by atoms with van der Waals surface area (Å²) in [4.78, 5) is 6.53. The van der Waals surface area contributed by atoms with Crippen molar-refractivity contribution >= 4 is 21.7 Å². The van der Waals surface area contributed by atoms with Gasteiger partial charge in [0.2, 0.25) is 0 Å². The Hall–Kier alpha value is -0.610. The highest BCUT2D eigenvalue weighted by Crippen LogP contribution is 2.21. The molecule has 0 bridgehead atoms. The van der Waals surface area contributed by atoms with E-state index in [9.17, 15) is 0 Å².